The van der Waals surface area contributed by atoms with Crippen LogP contribution in [0.25, 0.3) is 0 Å². The molecule has 0 amide bonds. The van der Waals surface area contributed by atoms with Crippen LogP contribution < -0.4 is 0 Å². The Kier molecular flexibility index (Phi) is 6.33. The van der Waals surface area contributed by atoms with Gasteiger partial charge in [-0.3, -0.25) is 4.79 Å². The Balaban J connectivity index is 1.50. The third-order valence-corrected chi connectivity index (χ3v) is 11.2. The molecule has 0 saturated heterocycles. The third-order valence-electron chi connectivity index (χ3n) is 11.2. The number of fused-ring (bicyclic) bond motifs is 5. The predicted octanol–water partition coefficient (Wildman–Crippen LogP) is 8.09. The summed E-state index contributed by atoms with van der Waals surface area (Å²) in [6, 6.07) is 0. The zero-order chi connectivity index (χ0) is 21.7. The molecule has 0 aromatic rings. The molecule has 9 unspecified atom stereocenters. The van der Waals surface area contributed by atoms with Crippen molar-refractivity contribution in [1.29, 1.82) is 0 Å². The maximum atomic E-state index is 12.1. The van der Waals surface area contributed by atoms with Crippen molar-refractivity contribution < 1.29 is 4.79 Å². The fourth-order valence-corrected chi connectivity index (χ4v) is 9.23. The Hall–Kier alpha value is -0.590. The van der Waals surface area contributed by atoms with Crippen LogP contribution in [-0.2, 0) is 4.79 Å². The standard InChI is InChI=1S/C29H48O/c1-7-21(19(2)3)9-8-20(4)25-12-13-26-24-11-10-22-18-23(30)14-16-28(22,5)27(24)15-17-29(25,26)6/h8-9,19-22,24-27H,7,10-18H2,1-6H3/b9-8+. The van der Waals surface area contributed by atoms with E-state index in [1.165, 1.54) is 51.4 Å². The summed E-state index contributed by atoms with van der Waals surface area (Å²) in [5.74, 6) is 7.04. The topological polar surface area (TPSA) is 17.1 Å². The molecule has 0 spiro atoms. The van der Waals surface area contributed by atoms with Crippen molar-refractivity contribution >= 4 is 5.78 Å². The highest BCUT2D eigenvalue weighted by Crippen LogP contribution is 2.68. The molecule has 0 aliphatic heterocycles. The van der Waals surface area contributed by atoms with Crippen LogP contribution >= 0.6 is 0 Å². The molecule has 0 aromatic carbocycles. The van der Waals surface area contributed by atoms with Gasteiger partial charge in [0, 0.05) is 12.8 Å². The Morgan fingerprint density at radius 1 is 0.933 bits per heavy atom. The molecule has 170 valence electrons. The Morgan fingerprint density at radius 3 is 2.37 bits per heavy atom. The monoisotopic (exact) mass is 412 g/mol. The number of Topliss-reactive ketones (excluding diaryl/α,β-unsaturated/α-hetero) is 1. The highest BCUT2D eigenvalue weighted by molar-refractivity contribution is 5.79. The normalized spacial score (nSPS) is 45.8. The summed E-state index contributed by atoms with van der Waals surface area (Å²) in [4.78, 5) is 12.1. The predicted molar refractivity (Wildman–Crippen MR) is 127 cm³/mol. The van der Waals surface area contributed by atoms with Gasteiger partial charge in [0.2, 0.25) is 0 Å². The summed E-state index contributed by atoms with van der Waals surface area (Å²) in [6.45, 7) is 14.8. The van der Waals surface area contributed by atoms with Crippen LogP contribution in [-0.4, -0.2) is 5.78 Å². The molecular formula is C29H48O. The quantitative estimate of drug-likeness (QED) is 0.417. The Labute approximate surface area is 186 Å². The molecule has 4 saturated carbocycles. The average molecular weight is 413 g/mol. The molecule has 4 aliphatic carbocycles. The number of rotatable bonds is 5. The molecule has 4 fully saturated rings. The van der Waals surface area contributed by atoms with Crippen molar-refractivity contribution in [2.75, 3.05) is 0 Å². The molecule has 1 nitrogen and oxygen atoms in total. The number of carbonyl (C=O) groups excluding carboxylic acids is 1. The van der Waals surface area contributed by atoms with Crippen molar-refractivity contribution in [3.63, 3.8) is 0 Å². The van der Waals surface area contributed by atoms with Gasteiger partial charge in [0.05, 0.1) is 0 Å². The van der Waals surface area contributed by atoms with Gasteiger partial charge in [-0.05, 0) is 110 Å². The molecule has 0 aromatic heterocycles. The smallest absolute Gasteiger partial charge is 0.133 e. The molecule has 0 heterocycles. The molecule has 30 heavy (non-hydrogen) atoms. The maximum Gasteiger partial charge on any atom is 0.133 e. The molecule has 0 radical (unpaired) electrons. The van der Waals surface area contributed by atoms with E-state index in [4.69, 9.17) is 0 Å². The first-order valence-electron chi connectivity index (χ1n) is 13.4. The van der Waals surface area contributed by atoms with Gasteiger partial charge in [0.15, 0.2) is 0 Å². The largest absolute Gasteiger partial charge is 0.300 e. The summed E-state index contributed by atoms with van der Waals surface area (Å²) < 4.78 is 0. The summed E-state index contributed by atoms with van der Waals surface area (Å²) in [6.07, 6.45) is 17.8. The summed E-state index contributed by atoms with van der Waals surface area (Å²) in [5.41, 5.74) is 0.992. The van der Waals surface area contributed by atoms with E-state index < -0.39 is 0 Å². The molecule has 1 heteroatoms. The second-order valence-electron chi connectivity index (χ2n) is 12.7. The van der Waals surface area contributed by atoms with Gasteiger partial charge in [-0.15, -0.1) is 0 Å². The number of allylic oxidation sites excluding steroid dienone is 2. The Bertz CT molecular complexity index is 661. The van der Waals surface area contributed by atoms with E-state index in [2.05, 4.69) is 53.7 Å². The second kappa shape index (κ2) is 8.40. The highest BCUT2D eigenvalue weighted by Gasteiger charge is 2.60. The molecule has 0 N–H and O–H groups in total. The first kappa shape index (κ1) is 22.6. The van der Waals surface area contributed by atoms with Gasteiger partial charge >= 0.3 is 0 Å². The lowest BCUT2D eigenvalue weighted by Crippen LogP contribution is -2.53. The van der Waals surface area contributed by atoms with Crippen molar-refractivity contribution in [3.05, 3.63) is 12.2 Å². The van der Waals surface area contributed by atoms with Crippen LogP contribution in [0.1, 0.15) is 106 Å². The van der Waals surface area contributed by atoms with E-state index in [0.29, 0.717) is 28.4 Å². The lowest BCUT2D eigenvalue weighted by molar-refractivity contribution is -0.140. The van der Waals surface area contributed by atoms with Gasteiger partial charge in [0.1, 0.15) is 5.78 Å². The minimum Gasteiger partial charge on any atom is -0.300 e. The van der Waals surface area contributed by atoms with Gasteiger partial charge in [-0.1, -0.05) is 53.7 Å². The van der Waals surface area contributed by atoms with Crippen LogP contribution in [0.5, 0.6) is 0 Å². The zero-order valence-electron chi connectivity index (χ0n) is 20.8. The number of ketones is 1. The van der Waals surface area contributed by atoms with Crippen LogP contribution in [0.4, 0.5) is 0 Å². The summed E-state index contributed by atoms with van der Waals surface area (Å²) >= 11 is 0. The first-order valence-corrected chi connectivity index (χ1v) is 13.4. The van der Waals surface area contributed by atoms with Gasteiger partial charge in [-0.25, -0.2) is 0 Å². The number of hydrogen-bond donors (Lipinski definition) is 0. The lowest BCUT2D eigenvalue weighted by atomic mass is 9.44. The second-order valence-corrected chi connectivity index (χ2v) is 12.7. The van der Waals surface area contributed by atoms with Gasteiger partial charge in [-0.2, -0.15) is 0 Å². The molecular weight excluding hydrogens is 364 g/mol. The lowest BCUT2D eigenvalue weighted by Gasteiger charge is -2.60. The van der Waals surface area contributed by atoms with Crippen LogP contribution in [0.15, 0.2) is 12.2 Å². The van der Waals surface area contributed by atoms with E-state index in [0.717, 1.165) is 48.3 Å². The SMILES string of the molecule is CCC(/C=C/C(C)C1CCC2C3CCC4CC(=O)CCC4(C)C3CCC12C)C(C)C. The van der Waals surface area contributed by atoms with Crippen LogP contribution in [0, 0.1) is 58.2 Å². The van der Waals surface area contributed by atoms with E-state index in [1.54, 1.807) is 0 Å². The van der Waals surface area contributed by atoms with Crippen molar-refractivity contribution in [2.45, 2.75) is 106 Å². The summed E-state index contributed by atoms with van der Waals surface area (Å²) in [5, 5.41) is 0. The molecule has 4 rings (SSSR count). The fraction of sp³-hybridized carbons (Fsp3) is 0.897. The fourth-order valence-electron chi connectivity index (χ4n) is 9.23. The third kappa shape index (κ3) is 3.65. The van der Waals surface area contributed by atoms with Gasteiger partial charge in [0.25, 0.3) is 0 Å². The van der Waals surface area contributed by atoms with E-state index >= 15 is 0 Å². The zero-order valence-corrected chi connectivity index (χ0v) is 20.8. The van der Waals surface area contributed by atoms with E-state index in [9.17, 15) is 4.79 Å². The Morgan fingerprint density at radius 2 is 1.67 bits per heavy atom. The first-order chi connectivity index (χ1) is 14.2. The minimum atomic E-state index is 0.452. The minimum absolute atomic E-state index is 0.452. The molecule has 4 aliphatic rings. The average Bonchev–Trinajstić information content (AvgIpc) is 3.06. The van der Waals surface area contributed by atoms with Crippen molar-refractivity contribution in [2.24, 2.45) is 58.2 Å². The van der Waals surface area contributed by atoms with E-state index in [1.807, 2.05) is 0 Å². The number of carbonyl (C=O) groups is 1. The van der Waals surface area contributed by atoms with Crippen molar-refractivity contribution in [3.8, 4) is 0 Å². The number of hydrogen-bond acceptors (Lipinski definition) is 1. The molecule has 0 bridgehead atoms. The van der Waals surface area contributed by atoms with Crippen molar-refractivity contribution in [1.82, 2.24) is 0 Å². The van der Waals surface area contributed by atoms with Gasteiger partial charge < -0.3 is 0 Å². The maximum absolute atomic E-state index is 12.1. The van der Waals surface area contributed by atoms with E-state index in [-0.39, 0.29) is 0 Å². The van der Waals surface area contributed by atoms with Crippen LogP contribution in [0.2, 0.25) is 0 Å². The molecule has 9 atom stereocenters. The summed E-state index contributed by atoms with van der Waals surface area (Å²) in [7, 11) is 0. The highest BCUT2D eigenvalue weighted by atomic mass is 16.1. The van der Waals surface area contributed by atoms with Crippen LogP contribution in [0.3, 0.4) is 0 Å².